The summed E-state index contributed by atoms with van der Waals surface area (Å²) < 4.78 is 0. The fraction of sp³-hybridized carbons (Fsp3) is 0.692. The third-order valence-electron chi connectivity index (χ3n) is 3.46. The van der Waals surface area contributed by atoms with E-state index in [0.29, 0.717) is 18.1 Å². The maximum Gasteiger partial charge on any atom is 0.0595 e. The monoisotopic (exact) mass is 238 g/mol. The smallest absolute Gasteiger partial charge is 0.0595 e. The van der Waals surface area contributed by atoms with Crippen LogP contribution in [-0.4, -0.2) is 23.5 Å². The maximum absolute atomic E-state index is 6.36. The molecule has 2 heterocycles. The molecule has 0 bridgehead atoms. The Bertz CT molecular complexity index is 308. The molecule has 1 aliphatic heterocycles. The van der Waals surface area contributed by atoms with Gasteiger partial charge in [-0.1, -0.05) is 12.5 Å². The molecule has 3 heteroatoms. The molecule has 2 rings (SSSR count). The van der Waals surface area contributed by atoms with Gasteiger partial charge in [0.2, 0.25) is 0 Å². The minimum Gasteiger partial charge on any atom is -0.326 e. The second kappa shape index (κ2) is 5.30. The first-order chi connectivity index (χ1) is 7.70. The highest BCUT2D eigenvalue weighted by Crippen LogP contribution is 2.33. The zero-order chi connectivity index (χ0) is 11.5. The molecule has 1 aromatic heterocycles. The van der Waals surface area contributed by atoms with E-state index in [1.165, 1.54) is 24.3 Å². The van der Waals surface area contributed by atoms with Gasteiger partial charge in [-0.3, -0.25) is 4.90 Å². The van der Waals surface area contributed by atoms with E-state index in [1.807, 2.05) is 11.3 Å². The van der Waals surface area contributed by atoms with Gasteiger partial charge in [-0.05, 0) is 44.7 Å². The molecule has 2 nitrogen and oxygen atoms in total. The lowest BCUT2D eigenvalue weighted by atomic mass is 10.0. The highest BCUT2D eigenvalue weighted by atomic mass is 32.1. The van der Waals surface area contributed by atoms with Crippen LogP contribution in [0.15, 0.2) is 17.5 Å². The lowest BCUT2D eigenvalue weighted by molar-refractivity contribution is 0.146. The van der Waals surface area contributed by atoms with Crippen molar-refractivity contribution in [2.45, 2.75) is 51.2 Å². The van der Waals surface area contributed by atoms with Gasteiger partial charge in [0, 0.05) is 17.0 Å². The number of hydrogen-bond donors (Lipinski definition) is 1. The molecule has 0 radical (unpaired) electrons. The normalized spacial score (nSPS) is 28.2. The summed E-state index contributed by atoms with van der Waals surface area (Å²) in [5.41, 5.74) is 6.36. The average Bonchev–Trinajstić information content (AvgIpc) is 2.68. The summed E-state index contributed by atoms with van der Waals surface area (Å²) in [6.45, 7) is 5.74. The topological polar surface area (TPSA) is 29.3 Å². The fourth-order valence-electron chi connectivity index (χ4n) is 2.63. The zero-order valence-corrected chi connectivity index (χ0v) is 11.0. The van der Waals surface area contributed by atoms with Crippen molar-refractivity contribution in [3.05, 3.63) is 22.4 Å². The molecular weight excluding hydrogens is 216 g/mol. The Hall–Kier alpha value is -0.380. The van der Waals surface area contributed by atoms with Crippen molar-refractivity contribution in [1.82, 2.24) is 4.90 Å². The molecule has 0 aliphatic carbocycles. The molecule has 1 fully saturated rings. The van der Waals surface area contributed by atoms with Gasteiger partial charge in [0.05, 0.1) is 6.04 Å². The minimum absolute atomic E-state index is 0.295. The number of hydrogen-bond acceptors (Lipinski definition) is 3. The molecule has 0 saturated carbocycles. The molecule has 90 valence electrons. The van der Waals surface area contributed by atoms with Gasteiger partial charge < -0.3 is 5.73 Å². The Morgan fingerprint density at radius 2 is 2.25 bits per heavy atom. The first kappa shape index (κ1) is 12.1. The van der Waals surface area contributed by atoms with Crippen molar-refractivity contribution in [2.24, 2.45) is 5.73 Å². The van der Waals surface area contributed by atoms with E-state index in [-0.39, 0.29) is 0 Å². The second-order valence-electron chi connectivity index (χ2n) is 4.95. The van der Waals surface area contributed by atoms with Gasteiger partial charge >= 0.3 is 0 Å². The van der Waals surface area contributed by atoms with Gasteiger partial charge in [0.15, 0.2) is 0 Å². The lowest BCUT2D eigenvalue weighted by Crippen LogP contribution is -2.42. The van der Waals surface area contributed by atoms with Crippen LogP contribution >= 0.6 is 11.3 Å². The van der Waals surface area contributed by atoms with Crippen LogP contribution in [0.1, 0.15) is 44.0 Å². The molecule has 2 unspecified atom stereocenters. The van der Waals surface area contributed by atoms with Crippen LogP contribution in [-0.2, 0) is 0 Å². The number of nitrogens with two attached hydrogens (primary N) is 1. The van der Waals surface area contributed by atoms with E-state index in [0.717, 1.165) is 6.42 Å². The Balaban J connectivity index is 2.26. The van der Waals surface area contributed by atoms with Crippen molar-refractivity contribution in [1.29, 1.82) is 0 Å². The number of thiophene rings is 1. The van der Waals surface area contributed by atoms with Gasteiger partial charge in [-0.2, -0.15) is 0 Å². The van der Waals surface area contributed by atoms with E-state index in [2.05, 4.69) is 36.3 Å². The molecule has 1 aromatic rings. The van der Waals surface area contributed by atoms with Crippen molar-refractivity contribution >= 4 is 11.3 Å². The molecule has 2 N–H and O–H groups in total. The highest BCUT2D eigenvalue weighted by Gasteiger charge is 2.30. The third-order valence-corrected chi connectivity index (χ3v) is 4.41. The quantitative estimate of drug-likeness (QED) is 0.858. The Kier molecular flexibility index (Phi) is 4.00. The van der Waals surface area contributed by atoms with Crippen molar-refractivity contribution in [3.8, 4) is 0 Å². The fourth-order valence-corrected chi connectivity index (χ4v) is 3.55. The van der Waals surface area contributed by atoms with E-state index < -0.39 is 0 Å². The van der Waals surface area contributed by atoms with Gasteiger partial charge in [-0.15, -0.1) is 11.3 Å². The van der Waals surface area contributed by atoms with Crippen molar-refractivity contribution in [3.63, 3.8) is 0 Å². The Morgan fingerprint density at radius 1 is 1.44 bits per heavy atom. The maximum atomic E-state index is 6.36. The summed E-state index contributed by atoms with van der Waals surface area (Å²) in [5, 5.41) is 2.16. The summed E-state index contributed by atoms with van der Waals surface area (Å²) in [7, 11) is 0. The third kappa shape index (κ3) is 2.47. The molecule has 1 aliphatic rings. The van der Waals surface area contributed by atoms with Gasteiger partial charge in [0.1, 0.15) is 0 Å². The second-order valence-corrected chi connectivity index (χ2v) is 5.93. The van der Waals surface area contributed by atoms with Crippen LogP contribution in [0.4, 0.5) is 0 Å². The summed E-state index contributed by atoms with van der Waals surface area (Å²) in [5.74, 6) is 0. The largest absolute Gasteiger partial charge is 0.326 e. The van der Waals surface area contributed by atoms with E-state index in [4.69, 9.17) is 5.73 Å². The van der Waals surface area contributed by atoms with E-state index in [9.17, 15) is 0 Å². The number of rotatable bonds is 2. The van der Waals surface area contributed by atoms with E-state index in [1.54, 1.807) is 0 Å². The van der Waals surface area contributed by atoms with Crippen LogP contribution < -0.4 is 5.73 Å². The Morgan fingerprint density at radius 3 is 2.88 bits per heavy atom. The average molecular weight is 238 g/mol. The van der Waals surface area contributed by atoms with Gasteiger partial charge in [-0.25, -0.2) is 0 Å². The van der Waals surface area contributed by atoms with E-state index >= 15 is 0 Å². The van der Waals surface area contributed by atoms with Crippen LogP contribution in [0, 0.1) is 0 Å². The number of likely N-dealkylation sites (tertiary alicyclic amines) is 1. The molecule has 16 heavy (non-hydrogen) atoms. The predicted octanol–water partition coefficient (Wildman–Crippen LogP) is 3.01. The Labute approximate surface area is 102 Å². The van der Waals surface area contributed by atoms with Crippen LogP contribution in [0.2, 0.25) is 0 Å². The molecule has 0 spiro atoms. The van der Waals surface area contributed by atoms with Gasteiger partial charge in [0.25, 0.3) is 0 Å². The van der Waals surface area contributed by atoms with Crippen LogP contribution in [0.5, 0.6) is 0 Å². The summed E-state index contributed by atoms with van der Waals surface area (Å²) in [4.78, 5) is 4.01. The zero-order valence-electron chi connectivity index (χ0n) is 10.2. The first-order valence-corrected chi connectivity index (χ1v) is 7.13. The summed E-state index contributed by atoms with van der Waals surface area (Å²) in [6.07, 6.45) is 3.71. The van der Waals surface area contributed by atoms with Crippen LogP contribution in [0.3, 0.4) is 0 Å². The van der Waals surface area contributed by atoms with Crippen molar-refractivity contribution < 1.29 is 0 Å². The molecule has 0 aromatic carbocycles. The van der Waals surface area contributed by atoms with Crippen molar-refractivity contribution in [2.75, 3.05) is 6.54 Å². The molecule has 0 amide bonds. The molecule has 1 saturated heterocycles. The SMILES string of the molecule is CC(C)N1CCCCC(N)C1c1cccs1. The minimum atomic E-state index is 0.295. The highest BCUT2D eigenvalue weighted by molar-refractivity contribution is 7.10. The standard InChI is InChI=1S/C13H22N2S/c1-10(2)15-8-4-3-6-11(14)13(15)12-7-5-9-16-12/h5,7,9-11,13H,3-4,6,8,14H2,1-2H3. The molecule has 2 atom stereocenters. The summed E-state index contributed by atoms with van der Waals surface area (Å²) >= 11 is 1.84. The lowest BCUT2D eigenvalue weighted by Gasteiger charge is -2.35. The molecular formula is C13H22N2S. The number of nitrogens with zero attached hydrogens (tertiary/aromatic N) is 1. The van der Waals surface area contributed by atoms with Crippen LogP contribution in [0.25, 0.3) is 0 Å². The first-order valence-electron chi connectivity index (χ1n) is 6.25. The predicted molar refractivity (Wildman–Crippen MR) is 70.7 cm³/mol. The summed E-state index contributed by atoms with van der Waals surface area (Å²) in [6, 6.07) is 5.67.